The number of methoxy groups -OCH3 is 1. The normalized spacial score (nSPS) is 17.8. The van der Waals surface area contributed by atoms with Crippen molar-refractivity contribution >= 4 is 23.1 Å². The summed E-state index contributed by atoms with van der Waals surface area (Å²) in [5, 5.41) is 0. The van der Waals surface area contributed by atoms with Crippen molar-refractivity contribution in [2.45, 2.75) is 13.8 Å². The lowest BCUT2D eigenvalue weighted by Gasteiger charge is -2.36. The van der Waals surface area contributed by atoms with E-state index in [0.717, 1.165) is 43.9 Å². The minimum Gasteiger partial charge on any atom is -0.497 e. The van der Waals surface area contributed by atoms with Crippen molar-refractivity contribution in [2.75, 3.05) is 44.7 Å². The second-order valence-corrected chi connectivity index (χ2v) is 7.65. The quantitative estimate of drug-likeness (QED) is 0.716. The summed E-state index contributed by atoms with van der Waals surface area (Å²) in [5.74, 6) is 0.146. The summed E-state index contributed by atoms with van der Waals surface area (Å²) in [7, 11) is 1.59. The number of benzene rings is 2. The van der Waals surface area contributed by atoms with Crippen LogP contribution in [0, 0.1) is 6.92 Å². The number of carbonyl (C=O) groups excluding carboxylic acids is 2. The van der Waals surface area contributed by atoms with Gasteiger partial charge in [0.05, 0.1) is 18.4 Å². The van der Waals surface area contributed by atoms with Crippen LogP contribution < -0.4 is 9.64 Å². The predicted molar refractivity (Wildman–Crippen MR) is 117 cm³/mol. The van der Waals surface area contributed by atoms with Gasteiger partial charge in [0.1, 0.15) is 11.4 Å². The van der Waals surface area contributed by atoms with Crippen LogP contribution in [0.1, 0.15) is 18.1 Å². The summed E-state index contributed by atoms with van der Waals surface area (Å²) in [5.41, 5.74) is 3.44. The molecular weight excluding hydrogens is 378 g/mol. The van der Waals surface area contributed by atoms with Gasteiger partial charge in [-0.1, -0.05) is 36.8 Å². The van der Waals surface area contributed by atoms with E-state index in [1.165, 1.54) is 4.90 Å². The Hall–Kier alpha value is -3.12. The molecule has 0 radical (unpaired) electrons. The lowest BCUT2D eigenvalue weighted by atomic mass is 10.0. The SMILES string of the molecule is CCN1CCN(C2=C(c3ccc(C)cc3)C(=O)N(c3ccc(OC)cc3)C2=O)CC1. The highest BCUT2D eigenvalue weighted by molar-refractivity contribution is 6.45. The molecule has 2 aromatic rings. The van der Waals surface area contributed by atoms with Crippen LogP contribution in [0.3, 0.4) is 0 Å². The minimum absolute atomic E-state index is 0.259. The summed E-state index contributed by atoms with van der Waals surface area (Å²) < 4.78 is 5.21. The molecule has 0 aliphatic carbocycles. The number of rotatable bonds is 5. The van der Waals surface area contributed by atoms with Gasteiger partial charge in [-0.2, -0.15) is 0 Å². The Morgan fingerprint density at radius 2 is 1.50 bits per heavy atom. The van der Waals surface area contributed by atoms with E-state index in [1.807, 2.05) is 31.2 Å². The maximum atomic E-state index is 13.5. The van der Waals surface area contributed by atoms with Gasteiger partial charge in [0.25, 0.3) is 11.8 Å². The Morgan fingerprint density at radius 3 is 2.07 bits per heavy atom. The number of imide groups is 1. The third-order valence-corrected chi connectivity index (χ3v) is 5.87. The zero-order valence-corrected chi connectivity index (χ0v) is 17.7. The molecule has 2 aliphatic heterocycles. The molecule has 2 aromatic carbocycles. The number of aryl methyl sites for hydroxylation is 1. The van der Waals surface area contributed by atoms with Gasteiger partial charge >= 0.3 is 0 Å². The van der Waals surface area contributed by atoms with E-state index in [4.69, 9.17) is 4.74 Å². The zero-order valence-electron chi connectivity index (χ0n) is 17.7. The number of hydrogen-bond acceptors (Lipinski definition) is 5. The van der Waals surface area contributed by atoms with Crippen molar-refractivity contribution in [3.05, 3.63) is 65.4 Å². The molecule has 1 fully saturated rings. The Balaban J connectivity index is 1.75. The summed E-state index contributed by atoms with van der Waals surface area (Å²) in [4.78, 5) is 32.8. The second-order valence-electron chi connectivity index (χ2n) is 7.65. The molecule has 30 heavy (non-hydrogen) atoms. The topological polar surface area (TPSA) is 53.1 Å². The first-order valence-corrected chi connectivity index (χ1v) is 10.3. The largest absolute Gasteiger partial charge is 0.497 e. The molecule has 2 heterocycles. The Bertz CT molecular complexity index is 972. The highest BCUT2D eigenvalue weighted by Gasteiger charge is 2.42. The lowest BCUT2D eigenvalue weighted by molar-refractivity contribution is -0.120. The van der Waals surface area contributed by atoms with E-state index in [1.54, 1.807) is 31.4 Å². The van der Waals surface area contributed by atoms with Gasteiger partial charge in [-0.05, 0) is 43.3 Å². The van der Waals surface area contributed by atoms with Gasteiger partial charge in [-0.15, -0.1) is 0 Å². The fraction of sp³-hybridized carbons (Fsp3) is 0.333. The third-order valence-electron chi connectivity index (χ3n) is 5.87. The average Bonchev–Trinajstić information content (AvgIpc) is 3.04. The van der Waals surface area contributed by atoms with Gasteiger partial charge in [0.2, 0.25) is 0 Å². The summed E-state index contributed by atoms with van der Waals surface area (Å²) >= 11 is 0. The molecule has 0 N–H and O–H groups in total. The van der Waals surface area contributed by atoms with E-state index >= 15 is 0 Å². The Morgan fingerprint density at radius 1 is 0.867 bits per heavy atom. The molecular formula is C24H27N3O3. The fourth-order valence-corrected chi connectivity index (χ4v) is 4.05. The summed E-state index contributed by atoms with van der Waals surface area (Å²) in [6.07, 6.45) is 0. The van der Waals surface area contributed by atoms with E-state index in [9.17, 15) is 9.59 Å². The van der Waals surface area contributed by atoms with Crippen molar-refractivity contribution in [1.82, 2.24) is 9.80 Å². The Kier molecular flexibility index (Phi) is 5.59. The molecule has 0 atom stereocenters. The average molecular weight is 405 g/mol. The molecule has 0 unspecified atom stereocenters. The number of likely N-dealkylation sites (N-methyl/N-ethyl adjacent to an activating group) is 1. The Labute approximate surface area is 177 Å². The molecule has 0 saturated carbocycles. The van der Waals surface area contributed by atoms with Crippen LogP contribution in [0.4, 0.5) is 5.69 Å². The first-order chi connectivity index (χ1) is 14.5. The maximum Gasteiger partial charge on any atom is 0.282 e. The van der Waals surface area contributed by atoms with E-state index in [-0.39, 0.29) is 11.8 Å². The fourth-order valence-electron chi connectivity index (χ4n) is 4.05. The number of ether oxygens (including phenoxy) is 1. The molecule has 1 saturated heterocycles. The van der Waals surface area contributed by atoms with Crippen LogP contribution in [0.25, 0.3) is 5.57 Å². The summed E-state index contributed by atoms with van der Waals surface area (Å²) in [6, 6.07) is 14.8. The molecule has 2 aliphatic rings. The van der Waals surface area contributed by atoms with Gasteiger partial charge in [-0.3, -0.25) is 9.59 Å². The first-order valence-electron chi connectivity index (χ1n) is 10.3. The van der Waals surface area contributed by atoms with Gasteiger partial charge in [0, 0.05) is 26.2 Å². The van der Waals surface area contributed by atoms with Gasteiger partial charge in [-0.25, -0.2) is 4.90 Å². The highest BCUT2D eigenvalue weighted by Crippen LogP contribution is 2.35. The van der Waals surface area contributed by atoms with Crippen LogP contribution in [0.5, 0.6) is 5.75 Å². The van der Waals surface area contributed by atoms with Crippen LogP contribution >= 0.6 is 0 Å². The number of anilines is 1. The molecule has 0 bridgehead atoms. The minimum atomic E-state index is -0.276. The van der Waals surface area contributed by atoms with E-state index < -0.39 is 0 Å². The van der Waals surface area contributed by atoms with Gasteiger partial charge in [0.15, 0.2) is 0 Å². The number of piperazine rings is 1. The van der Waals surface area contributed by atoms with Crippen molar-refractivity contribution in [2.24, 2.45) is 0 Å². The zero-order chi connectivity index (χ0) is 21.3. The lowest BCUT2D eigenvalue weighted by Crippen LogP contribution is -2.47. The van der Waals surface area contributed by atoms with E-state index in [0.29, 0.717) is 22.7 Å². The van der Waals surface area contributed by atoms with Crippen molar-refractivity contribution < 1.29 is 14.3 Å². The molecule has 6 heteroatoms. The summed E-state index contributed by atoms with van der Waals surface area (Å²) in [6.45, 7) is 8.36. The van der Waals surface area contributed by atoms with E-state index in [2.05, 4.69) is 16.7 Å². The van der Waals surface area contributed by atoms with Crippen LogP contribution in [-0.4, -0.2) is 61.4 Å². The molecule has 0 aromatic heterocycles. The smallest absolute Gasteiger partial charge is 0.282 e. The first kappa shape index (κ1) is 20.2. The molecule has 4 rings (SSSR count). The van der Waals surface area contributed by atoms with Crippen molar-refractivity contribution in [3.63, 3.8) is 0 Å². The predicted octanol–water partition coefficient (Wildman–Crippen LogP) is 2.93. The number of hydrogen-bond donors (Lipinski definition) is 0. The van der Waals surface area contributed by atoms with Gasteiger partial charge < -0.3 is 14.5 Å². The maximum absolute atomic E-state index is 13.5. The third kappa shape index (κ3) is 3.59. The van der Waals surface area contributed by atoms with Crippen LogP contribution in [-0.2, 0) is 9.59 Å². The highest BCUT2D eigenvalue weighted by atomic mass is 16.5. The number of nitrogens with zero attached hydrogens (tertiary/aromatic N) is 3. The van der Waals surface area contributed by atoms with Crippen molar-refractivity contribution in [1.29, 1.82) is 0 Å². The van der Waals surface area contributed by atoms with Crippen molar-refractivity contribution in [3.8, 4) is 5.75 Å². The monoisotopic (exact) mass is 405 g/mol. The standard InChI is InChI=1S/C24H27N3O3/c1-4-25-13-15-26(16-14-25)22-21(18-7-5-17(2)6-8-18)23(28)27(24(22)29)19-9-11-20(30-3)12-10-19/h5-12H,4,13-16H2,1-3H3. The van der Waals surface area contributed by atoms with Crippen LogP contribution in [0.2, 0.25) is 0 Å². The molecule has 0 spiro atoms. The molecule has 6 nitrogen and oxygen atoms in total. The molecule has 2 amide bonds. The van der Waals surface area contributed by atoms with Crippen LogP contribution in [0.15, 0.2) is 54.2 Å². The molecule has 156 valence electrons. The number of carbonyl (C=O) groups is 2. The second kappa shape index (κ2) is 8.32. The number of amides is 2.